The fourth-order valence-electron chi connectivity index (χ4n) is 2.29. The summed E-state index contributed by atoms with van der Waals surface area (Å²) in [5, 5.41) is 5.34. The first-order chi connectivity index (χ1) is 11.9. The molecular formula is C18H22N2O5. The molecule has 1 unspecified atom stereocenters. The van der Waals surface area contributed by atoms with Crippen molar-refractivity contribution < 1.29 is 23.5 Å². The Morgan fingerprint density at radius 3 is 2.44 bits per heavy atom. The lowest BCUT2D eigenvalue weighted by molar-refractivity contribution is -0.120. The molecule has 0 aliphatic heterocycles. The van der Waals surface area contributed by atoms with Gasteiger partial charge >= 0.3 is 0 Å². The lowest BCUT2D eigenvalue weighted by Gasteiger charge is -2.13. The summed E-state index contributed by atoms with van der Waals surface area (Å²) < 4.78 is 15.7. The molecule has 134 valence electrons. The predicted molar refractivity (Wildman–Crippen MR) is 91.9 cm³/mol. The Kier molecular flexibility index (Phi) is 6.05. The number of hydrogen-bond acceptors (Lipinski definition) is 5. The average molecular weight is 346 g/mol. The van der Waals surface area contributed by atoms with Crippen molar-refractivity contribution in [3.8, 4) is 11.5 Å². The van der Waals surface area contributed by atoms with E-state index in [0.717, 1.165) is 5.76 Å². The first-order valence-electron chi connectivity index (χ1n) is 7.80. The summed E-state index contributed by atoms with van der Waals surface area (Å²) in [6.07, 6.45) is 0. The summed E-state index contributed by atoms with van der Waals surface area (Å²) in [6, 6.07) is 8.15. The maximum Gasteiger partial charge on any atom is 0.251 e. The molecule has 2 aromatic rings. The highest BCUT2D eigenvalue weighted by Gasteiger charge is 2.15. The van der Waals surface area contributed by atoms with Crippen LogP contribution in [0, 0.1) is 6.92 Å². The molecule has 1 heterocycles. The van der Waals surface area contributed by atoms with Crippen molar-refractivity contribution in [1.29, 1.82) is 0 Å². The van der Waals surface area contributed by atoms with Crippen LogP contribution >= 0.6 is 0 Å². The SMILES string of the molecule is COc1ccc(C(=O)NCC(=O)NC(C)c2ccc(C)o2)cc1OC. The number of amides is 2. The molecule has 0 fully saturated rings. The Balaban J connectivity index is 1.89. The number of ether oxygens (including phenoxy) is 2. The minimum absolute atomic E-state index is 0.142. The van der Waals surface area contributed by atoms with Gasteiger partial charge in [-0.1, -0.05) is 0 Å². The first kappa shape index (κ1) is 18.4. The van der Waals surface area contributed by atoms with E-state index in [4.69, 9.17) is 13.9 Å². The van der Waals surface area contributed by atoms with Crippen LogP contribution in [0.25, 0.3) is 0 Å². The highest BCUT2D eigenvalue weighted by molar-refractivity contribution is 5.97. The van der Waals surface area contributed by atoms with Gasteiger partial charge in [0.2, 0.25) is 5.91 Å². The van der Waals surface area contributed by atoms with Crippen molar-refractivity contribution in [2.24, 2.45) is 0 Å². The number of furan rings is 1. The van der Waals surface area contributed by atoms with Crippen LogP contribution in [-0.2, 0) is 4.79 Å². The van der Waals surface area contributed by atoms with Gasteiger partial charge in [-0.15, -0.1) is 0 Å². The molecule has 1 aromatic carbocycles. The van der Waals surface area contributed by atoms with Crippen LogP contribution in [0.15, 0.2) is 34.7 Å². The number of hydrogen-bond donors (Lipinski definition) is 2. The highest BCUT2D eigenvalue weighted by Crippen LogP contribution is 2.27. The number of aryl methyl sites for hydroxylation is 1. The number of nitrogens with one attached hydrogen (secondary N) is 2. The van der Waals surface area contributed by atoms with Gasteiger partial charge in [0.05, 0.1) is 26.8 Å². The van der Waals surface area contributed by atoms with Gasteiger partial charge in [0.15, 0.2) is 11.5 Å². The van der Waals surface area contributed by atoms with Crippen LogP contribution < -0.4 is 20.1 Å². The van der Waals surface area contributed by atoms with Crippen molar-refractivity contribution in [3.05, 3.63) is 47.4 Å². The molecule has 2 amide bonds. The summed E-state index contributed by atoms with van der Waals surface area (Å²) in [7, 11) is 3.01. The van der Waals surface area contributed by atoms with E-state index < -0.39 is 0 Å². The van der Waals surface area contributed by atoms with E-state index in [1.165, 1.54) is 14.2 Å². The van der Waals surface area contributed by atoms with Gasteiger partial charge in [0.25, 0.3) is 5.91 Å². The smallest absolute Gasteiger partial charge is 0.251 e. The largest absolute Gasteiger partial charge is 0.493 e. The van der Waals surface area contributed by atoms with Gasteiger partial charge in [-0.05, 0) is 44.2 Å². The molecule has 0 aliphatic carbocycles. The summed E-state index contributed by atoms with van der Waals surface area (Å²) in [5.41, 5.74) is 0.375. The molecule has 2 N–H and O–H groups in total. The molecule has 7 heteroatoms. The molecule has 25 heavy (non-hydrogen) atoms. The number of benzene rings is 1. The molecule has 0 spiro atoms. The van der Waals surface area contributed by atoms with E-state index >= 15 is 0 Å². The third kappa shape index (κ3) is 4.76. The van der Waals surface area contributed by atoms with E-state index in [0.29, 0.717) is 22.8 Å². The predicted octanol–water partition coefficient (Wildman–Crippen LogP) is 2.21. The number of carbonyl (C=O) groups excluding carboxylic acids is 2. The van der Waals surface area contributed by atoms with Crippen molar-refractivity contribution in [1.82, 2.24) is 10.6 Å². The standard InChI is InChI=1S/C18H22N2O5/c1-11-5-7-14(25-11)12(2)20-17(21)10-19-18(22)13-6-8-15(23-3)16(9-13)24-4/h5-9,12H,10H2,1-4H3,(H,19,22)(H,20,21). The van der Waals surface area contributed by atoms with E-state index in [-0.39, 0.29) is 24.4 Å². The maximum absolute atomic E-state index is 12.2. The Morgan fingerprint density at radius 2 is 1.84 bits per heavy atom. The summed E-state index contributed by atoms with van der Waals surface area (Å²) in [5.74, 6) is 1.73. The molecule has 0 aliphatic rings. The molecule has 0 saturated carbocycles. The minimum atomic E-state index is -0.377. The van der Waals surface area contributed by atoms with Gasteiger partial charge in [-0.25, -0.2) is 0 Å². The van der Waals surface area contributed by atoms with Crippen LogP contribution in [0.4, 0.5) is 0 Å². The second-order valence-corrected chi connectivity index (χ2v) is 5.49. The summed E-state index contributed by atoms with van der Waals surface area (Å²) >= 11 is 0. The molecule has 7 nitrogen and oxygen atoms in total. The normalized spacial score (nSPS) is 11.5. The van der Waals surface area contributed by atoms with Crippen molar-refractivity contribution in [2.45, 2.75) is 19.9 Å². The van der Waals surface area contributed by atoms with Crippen LogP contribution in [0.2, 0.25) is 0 Å². The Labute approximate surface area is 146 Å². The molecule has 0 bridgehead atoms. The number of carbonyl (C=O) groups is 2. The third-order valence-electron chi connectivity index (χ3n) is 3.62. The molecular weight excluding hydrogens is 324 g/mol. The zero-order valence-electron chi connectivity index (χ0n) is 14.7. The monoisotopic (exact) mass is 346 g/mol. The van der Waals surface area contributed by atoms with E-state index in [1.807, 2.05) is 26.0 Å². The second-order valence-electron chi connectivity index (χ2n) is 5.49. The zero-order chi connectivity index (χ0) is 18.4. The number of methoxy groups -OCH3 is 2. The van der Waals surface area contributed by atoms with Crippen molar-refractivity contribution in [2.75, 3.05) is 20.8 Å². The summed E-state index contributed by atoms with van der Waals surface area (Å²) in [6.45, 7) is 3.50. The van der Waals surface area contributed by atoms with Crippen molar-refractivity contribution in [3.63, 3.8) is 0 Å². The molecule has 0 radical (unpaired) electrons. The average Bonchev–Trinajstić information content (AvgIpc) is 3.05. The fraction of sp³-hybridized carbons (Fsp3) is 0.333. The highest BCUT2D eigenvalue weighted by atomic mass is 16.5. The van der Waals surface area contributed by atoms with Gasteiger partial charge in [0.1, 0.15) is 11.5 Å². The molecule has 1 aromatic heterocycles. The molecule has 1 atom stereocenters. The summed E-state index contributed by atoms with van der Waals surface area (Å²) in [4.78, 5) is 24.2. The van der Waals surface area contributed by atoms with Crippen LogP contribution in [0.3, 0.4) is 0 Å². The van der Waals surface area contributed by atoms with E-state index in [1.54, 1.807) is 18.2 Å². The second kappa shape index (κ2) is 8.23. The number of rotatable bonds is 7. The van der Waals surface area contributed by atoms with E-state index in [2.05, 4.69) is 10.6 Å². The lowest BCUT2D eigenvalue weighted by atomic mass is 10.2. The minimum Gasteiger partial charge on any atom is -0.493 e. The topological polar surface area (TPSA) is 89.8 Å². The van der Waals surface area contributed by atoms with Crippen LogP contribution in [0.1, 0.15) is 34.8 Å². The Hall–Kier alpha value is -2.96. The van der Waals surface area contributed by atoms with Gasteiger partial charge in [-0.2, -0.15) is 0 Å². The molecule has 0 saturated heterocycles. The first-order valence-corrected chi connectivity index (χ1v) is 7.80. The fourth-order valence-corrected chi connectivity index (χ4v) is 2.29. The molecule has 2 rings (SSSR count). The van der Waals surface area contributed by atoms with Gasteiger partial charge in [-0.3, -0.25) is 9.59 Å². The maximum atomic E-state index is 12.2. The third-order valence-corrected chi connectivity index (χ3v) is 3.62. The quantitative estimate of drug-likeness (QED) is 0.802. The van der Waals surface area contributed by atoms with Gasteiger partial charge < -0.3 is 24.5 Å². The Bertz CT molecular complexity index is 754. The van der Waals surface area contributed by atoms with Crippen LogP contribution in [0.5, 0.6) is 11.5 Å². The van der Waals surface area contributed by atoms with Crippen molar-refractivity contribution >= 4 is 11.8 Å². The Morgan fingerprint density at radius 1 is 1.12 bits per heavy atom. The zero-order valence-corrected chi connectivity index (χ0v) is 14.7. The van der Waals surface area contributed by atoms with Gasteiger partial charge in [0, 0.05) is 5.56 Å². The van der Waals surface area contributed by atoms with Crippen LogP contribution in [-0.4, -0.2) is 32.6 Å². The lowest BCUT2D eigenvalue weighted by Crippen LogP contribution is -2.37. The van der Waals surface area contributed by atoms with E-state index in [9.17, 15) is 9.59 Å².